The van der Waals surface area contributed by atoms with Gasteiger partial charge < -0.3 is 15.8 Å². The van der Waals surface area contributed by atoms with Gasteiger partial charge in [-0.15, -0.1) is 0 Å². The number of anilines is 1. The highest BCUT2D eigenvalue weighted by Crippen LogP contribution is 2.24. The Morgan fingerprint density at radius 3 is 2.68 bits per heavy atom. The molecule has 0 heterocycles. The lowest BCUT2D eigenvalue weighted by atomic mass is 10.2. The average molecular weight is 361 g/mol. The largest absolute Gasteiger partial charge is 0.375 e. The number of ether oxygens (including phenoxy) is 1. The lowest BCUT2D eigenvalue weighted by Crippen LogP contribution is -2.40. The van der Waals surface area contributed by atoms with E-state index in [1.807, 2.05) is 49.4 Å². The van der Waals surface area contributed by atoms with Gasteiger partial charge in [0.2, 0.25) is 0 Å². The molecule has 0 aromatic heterocycles. The van der Waals surface area contributed by atoms with Gasteiger partial charge in [-0.3, -0.25) is 10.3 Å². The molecule has 0 aliphatic rings. The van der Waals surface area contributed by atoms with Crippen LogP contribution >= 0.6 is 11.6 Å². The van der Waals surface area contributed by atoms with E-state index in [1.165, 1.54) is 0 Å². The van der Waals surface area contributed by atoms with Crippen LogP contribution in [0, 0.1) is 6.92 Å². The van der Waals surface area contributed by atoms with Crippen molar-refractivity contribution in [3.63, 3.8) is 0 Å². The summed E-state index contributed by atoms with van der Waals surface area (Å²) in [6.07, 6.45) is 0. The fourth-order valence-electron chi connectivity index (χ4n) is 2.09. The second kappa shape index (κ2) is 9.66. The number of hydrogen-bond donors (Lipinski definition) is 3. The smallest absolute Gasteiger partial charge is 0.326 e. The Labute approximate surface area is 152 Å². The fourth-order valence-corrected chi connectivity index (χ4v) is 2.35. The number of carbonyl (C=O) groups is 1. The Bertz CT molecular complexity index is 715. The monoisotopic (exact) mass is 360 g/mol. The molecule has 2 aromatic rings. The van der Waals surface area contributed by atoms with Gasteiger partial charge in [0, 0.05) is 0 Å². The zero-order chi connectivity index (χ0) is 18.1. The lowest BCUT2D eigenvalue weighted by molar-refractivity contribution is 0.128. The molecule has 0 saturated heterocycles. The number of para-hydroxylation sites is 1. The zero-order valence-electron chi connectivity index (χ0n) is 14.0. The predicted octanol–water partition coefficient (Wildman–Crippen LogP) is 3.30. The highest BCUT2D eigenvalue weighted by Gasteiger charge is 2.08. The van der Waals surface area contributed by atoms with E-state index in [0.717, 1.165) is 11.1 Å². The average Bonchev–Trinajstić information content (AvgIpc) is 2.59. The van der Waals surface area contributed by atoms with Crippen molar-refractivity contribution < 1.29 is 9.53 Å². The lowest BCUT2D eigenvalue weighted by Gasteiger charge is -2.11. The number of aryl methyl sites for hydroxylation is 1. The summed E-state index contributed by atoms with van der Waals surface area (Å²) in [6, 6.07) is 14.7. The molecule has 2 amide bonds. The van der Waals surface area contributed by atoms with Gasteiger partial charge >= 0.3 is 6.03 Å². The maximum atomic E-state index is 11.9. The second-order valence-corrected chi connectivity index (χ2v) is 5.72. The van der Waals surface area contributed by atoms with Gasteiger partial charge in [0.05, 0.1) is 30.5 Å². The Balaban J connectivity index is 1.72. The molecule has 6 nitrogen and oxygen atoms in total. The summed E-state index contributed by atoms with van der Waals surface area (Å²) in [7, 11) is 0. The minimum atomic E-state index is -0.498. The third-order valence-corrected chi connectivity index (χ3v) is 3.65. The van der Waals surface area contributed by atoms with Gasteiger partial charge in [0.1, 0.15) is 0 Å². The first-order valence-corrected chi connectivity index (χ1v) is 8.19. The number of urea groups is 1. The molecular formula is C18H21ClN4O2. The summed E-state index contributed by atoms with van der Waals surface area (Å²) >= 11 is 6.06. The highest BCUT2D eigenvalue weighted by atomic mass is 35.5. The number of hydrogen-bond acceptors (Lipinski definition) is 3. The molecular weight excluding hydrogens is 340 g/mol. The predicted molar refractivity (Wildman–Crippen MR) is 101 cm³/mol. The molecule has 0 aliphatic heterocycles. The van der Waals surface area contributed by atoms with E-state index in [1.54, 1.807) is 6.07 Å². The number of nitrogens with zero attached hydrogens (tertiary/aromatic N) is 1. The van der Waals surface area contributed by atoms with Crippen molar-refractivity contribution in [1.29, 1.82) is 0 Å². The summed E-state index contributed by atoms with van der Waals surface area (Å²) in [4.78, 5) is 16.0. The standard InChI is InChI=1S/C18H21ClN4O2/c1-13-6-5-9-15(19)16(13)22-18(24)23-17(20)21-10-11-25-12-14-7-3-2-4-8-14/h2-9H,10-12H2,1H3,(H4,20,21,22,23,24). The van der Waals surface area contributed by atoms with Crippen molar-refractivity contribution in [1.82, 2.24) is 5.32 Å². The molecule has 2 rings (SSSR count). The van der Waals surface area contributed by atoms with Gasteiger partial charge in [-0.1, -0.05) is 54.1 Å². The minimum Gasteiger partial charge on any atom is -0.375 e. The van der Waals surface area contributed by atoms with Crippen LogP contribution < -0.4 is 16.4 Å². The molecule has 0 bridgehead atoms. The first kappa shape index (κ1) is 18.8. The summed E-state index contributed by atoms with van der Waals surface area (Å²) in [5.74, 6) is 0.0190. The summed E-state index contributed by atoms with van der Waals surface area (Å²) in [5.41, 5.74) is 8.17. The third kappa shape index (κ3) is 6.45. The number of guanidine groups is 1. The summed E-state index contributed by atoms with van der Waals surface area (Å²) in [5, 5.41) is 5.57. The molecule has 0 radical (unpaired) electrons. The van der Waals surface area contributed by atoms with Gasteiger partial charge in [-0.05, 0) is 24.1 Å². The fraction of sp³-hybridized carbons (Fsp3) is 0.222. The molecule has 2 aromatic carbocycles. The molecule has 0 saturated carbocycles. The van der Waals surface area contributed by atoms with E-state index in [-0.39, 0.29) is 5.96 Å². The SMILES string of the molecule is Cc1cccc(Cl)c1NC(=O)NC(N)=NCCOCc1ccccc1. The molecule has 0 atom stereocenters. The minimum absolute atomic E-state index is 0.0190. The number of amides is 2. The molecule has 25 heavy (non-hydrogen) atoms. The van der Waals surface area contributed by atoms with Crippen molar-refractivity contribution in [3.05, 3.63) is 64.7 Å². The summed E-state index contributed by atoms with van der Waals surface area (Å²) < 4.78 is 5.49. The quantitative estimate of drug-likeness (QED) is 0.419. The Hall–Kier alpha value is -2.57. The molecule has 7 heteroatoms. The van der Waals surface area contributed by atoms with Crippen molar-refractivity contribution in [2.75, 3.05) is 18.5 Å². The van der Waals surface area contributed by atoms with Crippen LogP contribution in [0.2, 0.25) is 5.02 Å². The van der Waals surface area contributed by atoms with E-state index in [0.29, 0.717) is 30.5 Å². The number of nitrogens with two attached hydrogens (primary N) is 1. The first-order valence-electron chi connectivity index (χ1n) is 7.81. The molecule has 0 fully saturated rings. The van der Waals surface area contributed by atoms with Crippen LogP contribution in [0.1, 0.15) is 11.1 Å². The maximum Gasteiger partial charge on any atom is 0.326 e. The van der Waals surface area contributed by atoms with Gasteiger partial charge in [0.25, 0.3) is 0 Å². The van der Waals surface area contributed by atoms with Crippen LogP contribution in [0.3, 0.4) is 0 Å². The van der Waals surface area contributed by atoms with Gasteiger partial charge in [0.15, 0.2) is 5.96 Å². The number of halogens is 1. The van der Waals surface area contributed by atoms with Crippen LogP contribution in [0.4, 0.5) is 10.5 Å². The van der Waals surface area contributed by atoms with Gasteiger partial charge in [-0.25, -0.2) is 4.79 Å². The first-order chi connectivity index (χ1) is 12.1. The Morgan fingerprint density at radius 1 is 1.20 bits per heavy atom. The van der Waals surface area contributed by atoms with Crippen molar-refractivity contribution in [3.8, 4) is 0 Å². The van der Waals surface area contributed by atoms with Crippen LogP contribution in [0.5, 0.6) is 0 Å². The topological polar surface area (TPSA) is 88.7 Å². The van der Waals surface area contributed by atoms with E-state index in [4.69, 9.17) is 22.1 Å². The van der Waals surface area contributed by atoms with Crippen LogP contribution in [0.15, 0.2) is 53.5 Å². The van der Waals surface area contributed by atoms with E-state index in [2.05, 4.69) is 15.6 Å². The van der Waals surface area contributed by atoms with Crippen molar-refractivity contribution in [2.45, 2.75) is 13.5 Å². The molecule has 0 spiro atoms. The number of carbonyl (C=O) groups excluding carboxylic acids is 1. The summed E-state index contributed by atoms with van der Waals surface area (Å²) in [6.45, 7) is 3.12. The van der Waals surface area contributed by atoms with E-state index in [9.17, 15) is 4.79 Å². The highest BCUT2D eigenvalue weighted by molar-refractivity contribution is 6.34. The number of benzene rings is 2. The van der Waals surface area contributed by atoms with E-state index >= 15 is 0 Å². The second-order valence-electron chi connectivity index (χ2n) is 5.32. The molecule has 4 N–H and O–H groups in total. The number of aliphatic imine (C=N–C) groups is 1. The Kier molecular flexibility index (Phi) is 7.25. The maximum absolute atomic E-state index is 11.9. The van der Waals surface area contributed by atoms with Crippen LogP contribution in [-0.2, 0) is 11.3 Å². The third-order valence-electron chi connectivity index (χ3n) is 3.33. The molecule has 0 unspecified atom stereocenters. The molecule has 0 aliphatic carbocycles. The van der Waals surface area contributed by atoms with Crippen molar-refractivity contribution in [2.24, 2.45) is 10.7 Å². The van der Waals surface area contributed by atoms with Gasteiger partial charge in [-0.2, -0.15) is 0 Å². The zero-order valence-corrected chi connectivity index (χ0v) is 14.7. The normalized spacial score (nSPS) is 11.2. The number of nitrogens with one attached hydrogen (secondary N) is 2. The van der Waals surface area contributed by atoms with E-state index < -0.39 is 6.03 Å². The van der Waals surface area contributed by atoms with Crippen LogP contribution in [-0.4, -0.2) is 25.1 Å². The van der Waals surface area contributed by atoms with Crippen molar-refractivity contribution >= 4 is 29.3 Å². The number of rotatable bonds is 6. The Morgan fingerprint density at radius 2 is 1.96 bits per heavy atom. The van der Waals surface area contributed by atoms with Crippen LogP contribution in [0.25, 0.3) is 0 Å². The molecule has 132 valence electrons.